The van der Waals surface area contributed by atoms with Gasteiger partial charge < -0.3 is 4.90 Å². The highest BCUT2D eigenvalue weighted by atomic mass is 19.1. The van der Waals surface area contributed by atoms with Crippen molar-refractivity contribution in [1.82, 2.24) is 4.90 Å². The number of Topliss-reactive ketones (excluding diaryl/α,β-unsaturated/α-hetero) is 1. The van der Waals surface area contributed by atoms with Gasteiger partial charge in [-0.1, -0.05) is 13.8 Å². The molecule has 0 radical (unpaired) electrons. The maximum atomic E-state index is 12.8. The summed E-state index contributed by atoms with van der Waals surface area (Å²) < 4.78 is 12.8. The van der Waals surface area contributed by atoms with E-state index in [0.29, 0.717) is 23.9 Å². The Kier molecular flexibility index (Phi) is 5.30. The van der Waals surface area contributed by atoms with E-state index in [9.17, 15) is 9.18 Å². The third-order valence-corrected chi connectivity index (χ3v) is 4.20. The molecule has 3 heteroatoms. The molecule has 1 saturated heterocycles. The molecule has 0 bridgehead atoms. The van der Waals surface area contributed by atoms with Gasteiger partial charge in [0.2, 0.25) is 0 Å². The molecule has 1 atom stereocenters. The van der Waals surface area contributed by atoms with Crippen LogP contribution >= 0.6 is 0 Å². The summed E-state index contributed by atoms with van der Waals surface area (Å²) in [7, 11) is 0. The zero-order chi connectivity index (χ0) is 14.5. The lowest BCUT2D eigenvalue weighted by atomic mass is 10.0. The van der Waals surface area contributed by atoms with Crippen LogP contribution in [0.25, 0.3) is 0 Å². The average molecular weight is 277 g/mol. The van der Waals surface area contributed by atoms with Crippen molar-refractivity contribution in [3.63, 3.8) is 0 Å². The van der Waals surface area contributed by atoms with E-state index in [-0.39, 0.29) is 11.6 Å². The van der Waals surface area contributed by atoms with E-state index in [1.807, 2.05) is 0 Å². The average Bonchev–Trinajstić information content (AvgIpc) is 2.88. The highest BCUT2D eigenvalue weighted by Crippen LogP contribution is 2.24. The standard InChI is InChI=1S/C17H24FNO/c1-13(2)16-5-3-11-19(16)12-4-6-17(20)14-7-9-15(18)10-8-14/h7-10,13,16H,3-6,11-12H2,1-2H3. The van der Waals surface area contributed by atoms with Crippen molar-refractivity contribution < 1.29 is 9.18 Å². The van der Waals surface area contributed by atoms with Crippen LogP contribution in [0.1, 0.15) is 49.9 Å². The quantitative estimate of drug-likeness (QED) is 0.735. The second-order valence-electron chi connectivity index (χ2n) is 6.02. The maximum absolute atomic E-state index is 12.8. The molecule has 0 aromatic heterocycles. The largest absolute Gasteiger partial charge is 0.300 e. The Balaban J connectivity index is 1.78. The molecule has 110 valence electrons. The molecule has 2 nitrogen and oxygen atoms in total. The Bertz CT molecular complexity index is 441. The molecule has 20 heavy (non-hydrogen) atoms. The summed E-state index contributed by atoms with van der Waals surface area (Å²) in [5.74, 6) is 0.508. The number of rotatable bonds is 6. The second-order valence-corrected chi connectivity index (χ2v) is 6.02. The minimum absolute atomic E-state index is 0.116. The first-order valence-electron chi connectivity index (χ1n) is 7.60. The Morgan fingerprint density at radius 1 is 1.35 bits per heavy atom. The van der Waals surface area contributed by atoms with E-state index in [0.717, 1.165) is 19.5 Å². The summed E-state index contributed by atoms with van der Waals surface area (Å²) in [4.78, 5) is 14.5. The van der Waals surface area contributed by atoms with Crippen molar-refractivity contribution in [3.8, 4) is 0 Å². The minimum atomic E-state index is -0.293. The Morgan fingerprint density at radius 2 is 2.05 bits per heavy atom. The van der Waals surface area contributed by atoms with Crippen LogP contribution < -0.4 is 0 Å². The summed E-state index contributed by atoms with van der Waals surface area (Å²) in [6.07, 6.45) is 3.99. The van der Waals surface area contributed by atoms with Crippen molar-refractivity contribution in [3.05, 3.63) is 35.6 Å². The first-order valence-corrected chi connectivity index (χ1v) is 7.60. The molecule has 0 amide bonds. The number of ketones is 1. The van der Waals surface area contributed by atoms with Crippen LogP contribution in [-0.4, -0.2) is 29.8 Å². The summed E-state index contributed by atoms with van der Waals surface area (Å²) in [6.45, 7) is 6.70. The number of nitrogens with zero attached hydrogens (tertiary/aromatic N) is 1. The third-order valence-electron chi connectivity index (χ3n) is 4.20. The van der Waals surface area contributed by atoms with Gasteiger partial charge in [0.15, 0.2) is 5.78 Å². The molecule has 0 saturated carbocycles. The molecule has 2 rings (SSSR count). The highest BCUT2D eigenvalue weighted by Gasteiger charge is 2.26. The van der Waals surface area contributed by atoms with E-state index in [2.05, 4.69) is 18.7 Å². The third kappa shape index (κ3) is 3.89. The van der Waals surface area contributed by atoms with Crippen LogP contribution in [0, 0.1) is 11.7 Å². The first-order chi connectivity index (χ1) is 9.58. The normalized spacial score (nSPS) is 19.7. The zero-order valence-electron chi connectivity index (χ0n) is 12.4. The second kappa shape index (κ2) is 6.98. The molecule has 1 aliphatic rings. The maximum Gasteiger partial charge on any atom is 0.162 e. The van der Waals surface area contributed by atoms with Crippen molar-refractivity contribution >= 4 is 5.78 Å². The van der Waals surface area contributed by atoms with Gasteiger partial charge >= 0.3 is 0 Å². The summed E-state index contributed by atoms with van der Waals surface area (Å²) in [6, 6.07) is 6.52. The van der Waals surface area contributed by atoms with E-state index in [1.165, 1.54) is 25.0 Å². The van der Waals surface area contributed by atoms with Crippen LogP contribution in [0.4, 0.5) is 4.39 Å². The molecule has 0 aliphatic carbocycles. The first kappa shape index (κ1) is 15.2. The highest BCUT2D eigenvalue weighted by molar-refractivity contribution is 5.95. The lowest BCUT2D eigenvalue weighted by molar-refractivity contribution is 0.0971. The van der Waals surface area contributed by atoms with Crippen molar-refractivity contribution in [2.24, 2.45) is 5.92 Å². The fourth-order valence-corrected chi connectivity index (χ4v) is 3.11. The lowest BCUT2D eigenvalue weighted by Crippen LogP contribution is -2.34. The summed E-state index contributed by atoms with van der Waals surface area (Å²) in [5.41, 5.74) is 0.619. The Hall–Kier alpha value is -1.22. The predicted octanol–water partition coefficient (Wildman–Crippen LogP) is 3.91. The Labute approximate surface area is 121 Å². The van der Waals surface area contributed by atoms with Gasteiger partial charge in [-0.2, -0.15) is 0 Å². The SMILES string of the molecule is CC(C)C1CCCN1CCCC(=O)c1ccc(F)cc1. The zero-order valence-corrected chi connectivity index (χ0v) is 12.4. The van der Waals surface area contributed by atoms with Crippen LogP contribution in [0.3, 0.4) is 0 Å². The molecule has 1 aromatic rings. The fourth-order valence-electron chi connectivity index (χ4n) is 3.11. The van der Waals surface area contributed by atoms with Crippen LogP contribution in [0.2, 0.25) is 0 Å². The number of halogens is 1. The monoisotopic (exact) mass is 277 g/mol. The van der Waals surface area contributed by atoms with Gasteiger partial charge in [0.05, 0.1) is 0 Å². The molecule has 1 fully saturated rings. The predicted molar refractivity (Wildman–Crippen MR) is 79.4 cm³/mol. The van der Waals surface area contributed by atoms with Crippen LogP contribution in [0.5, 0.6) is 0 Å². The molecular formula is C17H24FNO. The van der Waals surface area contributed by atoms with E-state index in [1.54, 1.807) is 12.1 Å². The van der Waals surface area contributed by atoms with Crippen LogP contribution in [0.15, 0.2) is 24.3 Å². The molecule has 1 heterocycles. The number of carbonyl (C=O) groups excluding carboxylic acids is 1. The van der Waals surface area contributed by atoms with E-state index in [4.69, 9.17) is 0 Å². The number of hydrogen-bond donors (Lipinski definition) is 0. The van der Waals surface area contributed by atoms with Crippen molar-refractivity contribution in [2.75, 3.05) is 13.1 Å². The van der Waals surface area contributed by atoms with Crippen molar-refractivity contribution in [2.45, 2.75) is 45.6 Å². The number of carbonyl (C=O) groups is 1. The van der Waals surface area contributed by atoms with Crippen LogP contribution in [-0.2, 0) is 0 Å². The van der Waals surface area contributed by atoms with Crippen molar-refractivity contribution in [1.29, 1.82) is 0 Å². The van der Waals surface area contributed by atoms with Gasteiger partial charge in [-0.05, 0) is 62.5 Å². The van der Waals surface area contributed by atoms with Gasteiger partial charge in [0, 0.05) is 18.0 Å². The molecule has 0 N–H and O–H groups in total. The van der Waals surface area contributed by atoms with Gasteiger partial charge in [-0.15, -0.1) is 0 Å². The summed E-state index contributed by atoms with van der Waals surface area (Å²) >= 11 is 0. The Morgan fingerprint density at radius 3 is 2.70 bits per heavy atom. The number of likely N-dealkylation sites (tertiary alicyclic amines) is 1. The molecule has 1 unspecified atom stereocenters. The number of benzene rings is 1. The van der Waals surface area contributed by atoms with Gasteiger partial charge in [-0.3, -0.25) is 4.79 Å². The molecule has 0 spiro atoms. The van der Waals surface area contributed by atoms with Gasteiger partial charge in [-0.25, -0.2) is 4.39 Å². The fraction of sp³-hybridized carbons (Fsp3) is 0.588. The van der Waals surface area contributed by atoms with E-state index >= 15 is 0 Å². The lowest BCUT2D eigenvalue weighted by Gasteiger charge is -2.27. The minimum Gasteiger partial charge on any atom is -0.300 e. The smallest absolute Gasteiger partial charge is 0.162 e. The van der Waals surface area contributed by atoms with E-state index < -0.39 is 0 Å². The number of hydrogen-bond acceptors (Lipinski definition) is 2. The van der Waals surface area contributed by atoms with Gasteiger partial charge in [0.1, 0.15) is 5.82 Å². The van der Waals surface area contributed by atoms with Gasteiger partial charge in [0.25, 0.3) is 0 Å². The molecular weight excluding hydrogens is 253 g/mol. The molecule has 1 aromatic carbocycles. The summed E-state index contributed by atoms with van der Waals surface area (Å²) in [5, 5.41) is 0. The molecule has 1 aliphatic heterocycles. The topological polar surface area (TPSA) is 20.3 Å².